The van der Waals surface area contributed by atoms with Crippen molar-refractivity contribution in [2.24, 2.45) is 0 Å². The number of rotatable bonds is 6. The van der Waals surface area contributed by atoms with E-state index < -0.39 is 0 Å². The first-order valence-corrected chi connectivity index (χ1v) is 5.19. The molecule has 0 rings (SSSR count). The van der Waals surface area contributed by atoms with E-state index >= 15 is 0 Å². The lowest BCUT2D eigenvalue weighted by Crippen LogP contribution is -2.31. The molecule has 1 N–H and O–H groups in total. The van der Waals surface area contributed by atoms with E-state index in [9.17, 15) is 4.79 Å². The number of hydrogen-bond donors (Lipinski definition) is 1. The minimum atomic E-state index is -0.140. The lowest BCUT2D eigenvalue weighted by atomic mass is 10.3. The molecule has 1 unspecified atom stereocenters. The number of carbonyl (C=O) groups excluding carboxylic acids is 1. The van der Waals surface area contributed by atoms with Crippen LogP contribution in [-0.4, -0.2) is 17.3 Å². The molecule has 0 radical (unpaired) electrons. The highest BCUT2D eigenvalue weighted by molar-refractivity contribution is 9.10. The Bertz CT molecular complexity index is 130. The molecule has 3 nitrogen and oxygen atoms in total. The van der Waals surface area contributed by atoms with Crippen LogP contribution >= 0.6 is 15.9 Å². The van der Waals surface area contributed by atoms with Crippen molar-refractivity contribution in [1.29, 1.82) is 0 Å². The van der Waals surface area contributed by atoms with Gasteiger partial charge < -0.3 is 0 Å². The van der Waals surface area contributed by atoms with Gasteiger partial charge in [0.15, 0.2) is 0 Å². The number of amides is 1. The highest BCUT2D eigenvalue weighted by atomic mass is 79.9. The third kappa shape index (κ3) is 5.55. The van der Waals surface area contributed by atoms with Crippen molar-refractivity contribution >= 4 is 21.8 Å². The molecule has 0 spiro atoms. The van der Waals surface area contributed by atoms with Gasteiger partial charge in [-0.3, -0.25) is 9.63 Å². The highest BCUT2D eigenvalue weighted by Gasteiger charge is 2.11. The Morgan fingerprint density at radius 1 is 1.58 bits per heavy atom. The van der Waals surface area contributed by atoms with E-state index in [1.54, 1.807) is 0 Å². The Labute approximate surface area is 81.9 Å². The van der Waals surface area contributed by atoms with E-state index in [0.29, 0.717) is 6.61 Å². The van der Waals surface area contributed by atoms with E-state index in [4.69, 9.17) is 4.84 Å². The zero-order valence-corrected chi connectivity index (χ0v) is 9.19. The average Bonchev–Trinajstić information content (AvgIpc) is 2.10. The molecule has 0 aromatic carbocycles. The highest BCUT2D eigenvalue weighted by Crippen LogP contribution is 2.03. The number of alkyl halides is 1. The lowest BCUT2D eigenvalue weighted by Gasteiger charge is -2.07. The summed E-state index contributed by atoms with van der Waals surface area (Å²) in [5.74, 6) is -0.103. The van der Waals surface area contributed by atoms with Crippen LogP contribution in [0, 0.1) is 0 Å². The summed E-state index contributed by atoms with van der Waals surface area (Å²) in [5.41, 5.74) is 2.38. The summed E-state index contributed by atoms with van der Waals surface area (Å²) >= 11 is 3.22. The molecule has 72 valence electrons. The maximum absolute atomic E-state index is 11.1. The fourth-order valence-electron chi connectivity index (χ4n) is 0.588. The maximum atomic E-state index is 11.1. The number of unbranched alkanes of at least 4 members (excludes halogenated alkanes) is 1. The quantitative estimate of drug-likeness (QED) is 0.436. The first kappa shape index (κ1) is 11.9. The Balaban J connectivity index is 3.31. The van der Waals surface area contributed by atoms with E-state index in [2.05, 4.69) is 28.3 Å². The summed E-state index contributed by atoms with van der Waals surface area (Å²) in [6.45, 7) is 4.60. The number of carbonyl (C=O) groups is 1. The van der Waals surface area contributed by atoms with Crippen molar-refractivity contribution in [3.05, 3.63) is 0 Å². The molecule has 0 heterocycles. The van der Waals surface area contributed by atoms with E-state index in [1.165, 1.54) is 0 Å². The lowest BCUT2D eigenvalue weighted by molar-refractivity contribution is -0.132. The van der Waals surface area contributed by atoms with Crippen LogP contribution in [0.4, 0.5) is 0 Å². The van der Waals surface area contributed by atoms with Crippen LogP contribution in [0.15, 0.2) is 0 Å². The number of hydroxylamine groups is 1. The summed E-state index contributed by atoms with van der Waals surface area (Å²) in [5, 5.41) is 0. The van der Waals surface area contributed by atoms with Gasteiger partial charge in [0.2, 0.25) is 0 Å². The molecule has 0 fully saturated rings. The van der Waals surface area contributed by atoms with E-state index in [1.807, 2.05) is 6.92 Å². The monoisotopic (exact) mass is 237 g/mol. The topological polar surface area (TPSA) is 38.3 Å². The third-order valence-electron chi connectivity index (χ3n) is 1.42. The summed E-state index contributed by atoms with van der Waals surface area (Å²) in [6, 6.07) is 0. The summed E-state index contributed by atoms with van der Waals surface area (Å²) in [7, 11) is 0. The molecular weight excluding hydrogens is 222 g/mol. The van der Waals surface area contributed by atoms with Crippen LogP contribution in [0.25, 0.3) is 0 Å². The summed E-state index contributed by atoms with van der Waals surface area (Å²) < 4.78 is 0. The van der Waals surface area contributed by atoms with Crippen molar-refractivity contribution in [2.75, 3.05) is 6.61 Å². The van der Waals surface area contributed by atoms with Crippen LogP contribution in [0.1, 0.15) is 33.1 Å². The van der Waals surface area contributed by atoms with E-state index in [-0.39, 0.29) is 10.7 Å². The Morgan fingerprint density at radius 2 is 2.25 bits per heavy atom. The Hall–Kier alpha value is -0.0900. The van der Waals surface area contributed by atoms with Gasteiger partial charge >= 0.3 is 0 Å². The molecule has 4 heteroatoms. The number of halogens is 1. The van der Waals surface area contributed by atoms with Crippen LogP contribution in [-0.2, 0) is 9.63 Å². The molecule has 0 aromatic rings. The number of hydrogen-bond acceptors (Lipinski definition) is 2. The van der Waals surface area contributed by atoms with Gasteiger partial charge in [0.1, 0.15) is 0 Å². The van der Waals surface area contributed by atoms with Crippen molar-refractivity contribution in [3.63, 3.8) is 0 Å². The first-order valence-electron chi connectivity index (χ1n) is 4.28. The molecule has 0 bridgehead atoms. The zero-order chi connectivity index (χ0) is 9.40. The van der Waals surface area contributed by atoms with Gasteiger partial charge in [-0.15, -0.1) is 0 Å². The van der Waals surface area contributed by atoms with E-state index in [0.717, 1.165) is 19.3 Å². The van der Waals surface area contributed by atoms with Gasteiger partial charge in [0.25, 0.3) is 5.91 Å². The Kier molecular flexibility index (Phi) is 7.50. The molecule has 0 saturated carbocycles. The predicted octanol–water partition coefficient (Wildman–Crippen LogP) is 2.01. The minimum absolute atomic E-state index is 0.103. The predicted molar refractivity (Wildman–Crippen MR) is 52.0 cm³/mol. The van der Waals surface area contributed by atoms with Crippen LogP contribution < -0.4 is 5.48 Å². The molecule has 0 aliphatic carbocycles. The summed E-state index contributed by atoms with van der Waals surface area (Å²) in [6.07, 6.45) is 2.81. The molecule has 0 aliphatic heterocycles. The van der Waals surface area contributed by atoms with Gasteiger partial charge in [-0.2, -0.15) is 0 Å². The van der Waals surface area contributed by atoms with Gasteiger partial charge in [0.05, 0.1) is 11.4 Å². The molecular formula is C8H16BrNO2. The fourth-order valence-corrected chi connectivity index (χ4v) is 0.681. The van der Waals surface area contributed by atoms with Crippen LogP contribution in [0.3, 0.4) is 0 Å². The third-order valence-corrected chi connectivity index (χ3v) is 2.48. The van der Waals surface area contributed by atoms with Gasteiger partial charge in [-0.05, 0) is 12.8 Å². The number of nitrogens with one attached hydrogen (secondary N) is 1. The normalized spacial score (nSPS) is 12.6. The fraction of sp³-hybridized carbons (Fsp3) is 0.875. The second-order valence-electron chi connectivity index (χ2n) is 2.54. The van der Waals surface area contributed by atoms with Crippen molar-refractivity contribution in [1.82, 2.24) is 5.48 Å². The van der Waals surface area contributed by atoms with Crippen molar-refractivity contribution in [3.8, 4) is 0 Å². The second kappa shape index (κ2) is 7.55. The molecule has 0 saturated heterocycles. The molecule has 12 heavy (non-hydrogen) atoms. The van der Waals surface area contributed by atoms with Crippen molar-refractivity contribution in [2.45, 2.75) is 37.9 Å². The van der Waals surface area contributed by atoms with Crippen LogP contribution in [0.2, 0.25) is 0 Å². The molecule has 1 amide bonds. The molecule has 0 aromatic heterocycles. The van der Waals surface area contributed by atoms with Gasteiger partial charge in [-0.25, -0.2) is 5.48 Å². The molecule has 0 aliphatic rings. The van der Waals surface area contributed by atoms with Gasteiger partial charge in [-0.1, -0.05) is 36.2 Å². The standard InChI is InChI=1S/C8H16BrNO2/c1-3-5-6-12-10-8(11)7(9)4-2/h7H,3-6H2,1-2H3,(H,10,11). The van der Waals surface area contributed by atoms with Crippen LogP contribution in [0.5, 0.6) is 0 Å². The second-order valence-corrected chi connectivity index (χ2v) is 3.65. The summed E-state index contributed by atoms with van der Waals surface area (Å²) in [4.78, 5) is 15.8. The largest absolute Gasteiger partial charge is 0.274 e. The first-order chi connectivity index (χ1) is 5.72. The zero-order valence-electron chi connectivity index (χ0n) is 7.60. The smallest absolute Gasteiger partial charge is 0.257 e. The van der Waals surface area contributed by atoms with Gasteiger partial charge in [0, 0.05) is 0 Å². The molecule has 1 atom stereocenters. The van der Waals surface area contributed by atoms with Crippen molar-refractivity contribution < 1.29 is 9.63 Å². The average molecular weight is 238 g/mol. The maximum Gasteiger partial charge on any atom is 0.257 e. The SMILES string of the molecule is CCCCONC(=O)C(Br)CC. The minimum Gasteiger partial charge on any atom is -0.274 e. The Morgan fingerprint density at radius 3 is 2.75 bits per heavy atom.